The lowest BCUT2D eigenvalue weighted by atomic mass is 10.1. The van der Waals surface area contributed by atoms with Gasteiger partial charge in [0.25, 0.3) is 0 Å². The van der Waals surface area contributed by atoms with Gasteiger partial charge in [0.2, 0.25) is 0 Å². The van der Waals surface area contributed by atoms with Crippen molar-refractivity contribution < 1.29 is 20.1 Å². The van der Waals surface area contributed by atoms with Crippen molar-refractivity contribution in [3.05, 3.63) is 29.3 Å². The lowest BCUT2D eigenvalue weighted by molar-refractivity contribution is -0.141. The summed E-state index contributed by atoms with van der Waals surface area (Å²) in [6, 6.07) is 4.65. The number of hydrogen-bond donors (Lipinski definition) is 3. The molecule has 2 aliphatic rings. The average molecular weight is 393 g/mol. The van der Waals surface area contributed by atoms with Gasteiger partial charge in [0.1, 0.15) is 16.8 Å². The van der Waals surface area contributed by atoms with Crippen molar-refractivity contribution >= 4 is 34.5 Å². The van der Waals surface area contributed by atoms with Gasteiger partial charge in [-0.05, 0) is 25.2 Å². The summed E-state index contributed by atoms with van der Waals surface area (Å²) >= 11 is 3.19. The minimum Gasteiger partial charge on any atom is -0.507 e. The molecule has 138 valence electrons. The fourth-order valence-corrected chi connectivity index (χ4v) is 5.67. The molecule has 6 nitrogen and oxygen atoms in total. The number of aliphatic hydroxyl groups excluding tert-OH is 1. The molecule has 0 radical (unpaired) electrons. The molecule has 1 aromatic carbocycles. The Balaban J connectivity index is 1.79. The van der Waals surface area contributed by atoms with Crippen molar-refractivity contribution in [2.24, 2.45) is 4.99 Å². The summed E-state index contributed by atoms with van der Waals surface area (Å²) < 4.78 is 0. The Bertz CT molecular complexity index is 787. The van der Waals surface area contributed by atoms with Gasteiger partial charge < -0.3 is 15.3 Å². The van der Waals surface area contributed by atoms with E-state index in [-0.39, 0.29) is 23.8 Å². The van der Waals surface area contributed by atoms with Crippen molar-refractivity contribution in [2.45, 2.75) is 23.9 Å². The monoisotopic (exact) mass is 392 g/mol. The molecule has 0 saturated carbocycles. The van der Waals surface area contributed by atoms with E-state index in [4.69, 9.17) is 10.1 Å². The predicted octanol–water partition coefficient (Wildman–Crippen LogP) is 1.45. The maximum absolute atomic E-state index is 11.3. The Kier molecular flexibility index (Phi) is 6.14. The first-order chi connectivity index (χ1) is 12.5. The van der Waals surface area contributed by atoms with E-state index < -0.39 is 12.0 Å². The summed E-state index contributed by atoms with van der Waals surface area (Å²) in [7, 11) is 1.83. The van der Waals surface area contributed by atoms with E-state index in [2.05, 4.69) is 11.8 Å². The molecule has 26 heavy (non-hydrogen) atoms. The van der Waals surface area contributed by atoms with Crippen molar-refractivity contribution in [2.75, 3.05) is 25.2 Å². The molecule has 3 rings (SSSR count). The lowest BCUT2D eigenvalue weighted by Crippen LogP contribution is -2.42. The Morgan fingerprint density at radius 2 is 2.23 bits per heavy atom. The van der Waals surface area contributed by atoms with Crippen LogP contribution in [0.3, 0.4) is 0 Å². The first kappa shape index (κ1) is 19.1. The van der Waals surface area contributed by atoms with Crippen LogP contribution in [0.1, 0.15) is 17.5 Å². The molecule has 3 N–H and O–H groups in total. The van der Waals surface area contributed by atoms with Gasteiger partial charge in [-0.1, -0.05) is 11.8 Å². The van der Waals surface area contributed by atoms with E-state index in [1.165, 1.54) is 0 Å². The normalized spacial score (nSPS) is 25.6. The highest BCUT2D eigenvalue weighted by Crippen LogP contribution is 2.37. The topological polar surface area (TPSA) is 93.4 Å². The van der Waals surface area contributed by atoms with Crippen LogP contribution in [0, 0.1) is 11.8 Å². The van der Waals surface area contributed by atoms with Gasteiger partial charge in [-0.2, -0.15) is 0 Å². The summed E-state index contributed by atoms with van der Waals surface area (Å²) in [6.07, 6.45) is 0.407. The Hall–Kier alpha value is -1.66. The van der Waals surface area contributed by atoms with Crippen LogP contribution in [0.15, 0.2) is 23.2 Å². The number of phenolic OH excluding ortho intramolecular Hbond substituents is 1. The molecule has 1 fully saturated rings. The number of rotatable bonds is 4. The van der Waals surface area contributed by atoms with E-state index in [1.54, 1.807) is 41.7 Å². The maximum Gasteiger partial charge on any atom is 0.321 e. The van der Waals surface area contributed by atoms with Crippen molar-refractivity contribution in [3.63, 3.8) is 0 Å². The van der Waals surface area contributed by atoms with Crippen LogP contribution in [0.4, 0.5) is 0 Å². The number of likely N-dealkylation sites (N-methyl/N-ethyl adjacent to an activating group) is 1. The standard InChI is InChI=1S/C18H20N2O4S2/c1-20-14(18(23)24)10-26-17(20)13-9-25-16(19-13)12-8-11(4-2-3-7-21)5-6-15(12)22/h5-6,8,13-14,17,21-22H,3,7,9-10H2,1H3,(H,23,24)/t13-,14-,17+/m0/s1. The van der Waals surface area contributed by atoms with E-state index in [0.717, 1.165) is 16.4 Å². The molecule has 0 aromatic heterocycles. The Morgan fingerprint density at radius 1 is 1.42 bits per heavy atom. The molecular formula is C18H20N2O4S2. The van der Waals surface area contributed by atoms with Crippen molar-refractivity contribution in [3.8, 4) is 17.6 Å². The molecule has 0 spiro atoms. The number of aliphatic carboxylic acids is 1. The second-order valence-electron chi connectivity index (χ2n) is 6.06. The first-order valence-corrected chi connectivity index (χ1v) is 10.2. The lowest BCUT2D eigenvalue weighted by Gasteiger charge is -2.24. The maximum atomic E-state index is 11.3. The second kappa shape index (κ2) is 8.35. The highest BCUT2D eigenvalue weighted by Gasteiger charge is 2.41. The molecule has 0 amide bonds. The fourth-order valence-electron chi connectivity index (χ4n) is 2.92. The number of phenols is 1. The van der Waals surface area contributed by atoms with E-state index in [1.807, 2.05) is 11.9 Å². The minimum absolute atomic E-state index is 0.0159. The second-order valence-corrected chi connectivity index (χ2v) is 8.22. The molecule has 1 aromatic rings. The minimum atomic E-state index is -0.802. The molecule has 8 heteroatoms. The SMILES string of the molecule is CN1[C@@H]([C@@H]2CSC(c3cc(C#CCCO)ccc3O)=N2)SC[C@H]1C(=O)O. The van der Waals surface area contributed by atoms with Gasteiger partial charge in [0.05, 0.1) is 18.0 Å². The Labute approximate surface area is 160 Å². The number of aliphatic hydroxyl groups is 1. The van der Waals surface area contributed by atoms with Gasteiger partial charge in [-0.3, -0.25) is 14.7 Å². The predicted molar refractivity (Wildman–Crippen MR) is 105 cm³/mol. The number of carbonyl (C=O) groups is 1. The molecule has 0 aliphatic carbocycles. The van der Waals surface area contributed by atoms with Crippen LogP contribution in [0.5, 0.6) is 5.75 Å². The highest BCUT2D eigenvalue weighted by molar-refractivity contribution is 8.14. The van der Waals surface area contributed by atoms with Crippen LogP contribution in [-0.4, -0.2) is 73.9 Å². The largest absolute Gasteiger partial charge is 0.507 e. The third kappa shape index (κ3) is 4.01. The number of thioether (sulfide) groups is 2. The molecule has 1 saturated heterocycles. The van der Waals surface area contributed by atoms with Crippen LogP contribution in [0.25, 0.3) is 0 Å². The number of hydrogen-bond acceptors (Lipinski definition) is 7. The molecule has 2 aliphatic heterocycles. The molecule has 0 unspecified atom stereocenters. The van der Waals surface area contributed by atoms with Crippen molar-refractivity contribution in [1.82, 2.24) is 4.90 Å². The zero-order chi connectivity index (χ0) is 18.7. The zero-order valence-electron chi connectivity index (χ0n) is 14.3. The molecule has 0 bridgehead atoms. The van der Waals surface area contributed by atoms with Gasteiger partial charge >= 0.3 is 5.97 Å². The number of aromatic hydroxyl groups is 1. The molecule has 3 atom stereocenters. The number of benzene rings is 1. The Morgan fingerprint density at radius 3 is 2.92 bits per heavy atom. The molecular weight excluding hydrogens is 372 g/mol. The highest BCUT2D eigenvalue weighted by atomic mass is 32.2. The van der Waals surface area contributed by atoms with Gasteiger partial charge in [0, 0.05) is 29.1 Å². The fraction of sp³-hybridized carbons (Fsp3) is 0.444. The number of nitrogens with zero attached hydrogens (tertiary/aromatic N) is 2. The van der Waals surface area contributed by atoms with Crippen LogP contribution < -0.4 is 0 Å². The van der Waals surface area contributed by atoms with Gasteiger partial charge in [-0.15, -0.1) is 23.5 Å². The third-order valence-corrected chi connectivity index (χ3v) is 6.91. The number of aliphatic imine (C=N–C) groups is 1. The van der Waals surface area contributed by atoms with E-state index in [9.17, 15) is 15.0 Å². The summed E-state index contributed by atoms with van der Waals surface area (Å²) in [6.45, 7) is 0.0199. The quantitative estimate of drug-likeness (QED) is 0.668. The molecule has 2 heterocycles. The summed E-state index contributed by atoms with van der Waals surface area (Å²) in [5.41, 5.74) is 1.41. The van der Waals surface area contributed by atoms with Crippen LogP contribution in [0.2, 0.25) is 0 Å². The van der Waals surface area contributed by atoms with Crippen LogP contribution in [-0.2, 0) is 4.79 Å². The number of carboxylic acids is 1. The summed E-state index contributed by atoms with van der Waals surface area (Å²) in [4.78, 5) is 17.9. The third-order valence-electron chi connectivity index (χ3n) is 4.30. The summed E-state index contributed by atoms with van der Waals surface area (Å²) in [5, 5.41) is 29.1. The van der Waals surface area contributed by atoms with Gasteiger partial charge in [0.15, 0.2) is 0 Å². The van der Waals surface area contributed by atoms with Crippen LogP contribution >= 0.6 is 23.5 Å². The summed E-state index contributed by atoms with van der Waals surface area (Å²) in [5.74, 6) is 6.50. The van der Waals surface area contributed by atoms with E-state index in [0.29, 0.717) is 17.7 Å². The van der Waals surface area contributed by atoms with Gasteiger partial charge in [-0.25, -0.2) is 0 Å². The smallest absolute Gasteiger partial charge is 0.321 e. The van der Waals surface area contributed by atoms with Crippen molar-refractivity contribution in [1.29, 1.82) is 0 Å². The first-order valence-electron chi connectivity index (χ1n) is 8.21. The van der Waals surface area contributed by atoms with E-state index >= 15 is 0 Å². The number of carboxylic acid groups (broad SMARTS) is 1. The zero-order valence-corrected chi connectivity index (χ0v) is 15.9. The average Bonchev–Trinajstić information content (AvgIpc) is 3.23.